The first-order chi connectivity index (χ1) is 12.4. The van der Waals surface area contributed by atoms with E-state index in [-0.39, 0.29) is 16.8 Å². The number of hydrogen-bond donors (Lipinski definition) is 1. The highest BCUT2D eigenvalue weighted by Gasteiger charge is 2.18. The summed E-state index contributed by atoms with van der Waals surface area (Å²) in [5.41, 5.74) is 5.17. The molecule has 0 heterocycles. The van der Waals surface area contributed by atoms with E-state index in [4.69, 9.17) is 19.9 Å². The fraction of sp³-hybridized carbons (Fsp3) is 0.176. The van der Waals surface area contributed by atoms with Crippen molar-refractivity contribution in [2.75, 3.05) is 26.6 Å². The van der Waals surface area contributed by atoms with Crippen LogP contribution in [0.1, 0.15) is 20.7 Å². The molecular formula is C17H16N2O7. The normalized spacial score (nSPS) is 10.1. The molecule has 0 saturated carbocycles. The number of nitro groups is 1. The van der Waals surface area contributed by atoms with Crippen molar-refractivity contribution < 1.29 is 28.7 Å². The van der Waals surface area contributed by atoms with Gasteiger partial charge in [0, 0.05) is 11.6 Å². The third kappa shape index (κ3) is 4.07. The van der Waals surface area contributed by atoms with E-state index in [1.807, 2.05) is 0 Å². The van der Waals surface area contributed by atoms with Crippen LogP contribution in [-0.4, -0.2) is 37.5 Å². The lowest BCUT2D eigenvalue weighted by Gasteiger charge is -2.09. The fourth-order valence-electron chi connectivity index (χ4n) is 2.14. The molecule has 0 aliphatic heterocycles. The second kappa shape index (κ2) is 7.97. The third-order valence-electron chi connectivity index (χ3n) is 3.50. The lowest BCUT2D eigenvalue weighted by Crippen LogP contribution is -2.14. The second-order valence-corrected chi connectivity index (χ2v) is 5.10. The Morgan fingerprint density at radius 1 is 1.04 bits per heavy atom. The lowest BCUT2D eigenvalue weighted by atomic mass is 10.1. The van der Waals surface area contributed by atoms with E-state index in [1.54, 1.807) is 6.07 Å². The molecule has 0 unspecified atom stereocenters. The second-order valence-electron chi connectivity index (χ2n) is 5.10. The number of ketones is 1. The number of carbonyl (C=O) groups excluding carboxylic acids is 2. The van der Waals surface area contributed by atoms with Gasteiger partial charge in [-0.15, -0.1) is 0 Å². The molecule has 2 aromatic carbocycles. The van der Waals surface area contributed by atoms with E-state index in [1.165, 1.54) is 38.5 Å². The van der Waals surface area contributed by atoms with Gasteiger partial charge in [0.05, 0.1) is 24.7 Å². The Hall–Kier alpha value is -3.62. The number of esters is 1. The lowest BCUT2D eigenvalue weighted by molar-refractivity contribution is -0.383. The van der Waals surface area contributed by atoms with Crippen LogP contribution >= 0.6 is 0 Å². The van der Waals surface area contributed by atoms with Crippen molar-refractivity contribution in [1.29, 1.82) is 0 Å². The number of methoxy groups -OCH3 is 2. The van der Waals surface area contributed by atoms with Gasteiger partial charge in [-0.3, -0.25) is 14.9 Å². The summed E-state index contributed by atoms with van der Waals surface area (Å²) >= 11 is 0. The van der Waals surface area contributed by atoms with Crippen LogP contribution in [0.25, 0.3) is 0 Å². The number of nitrogen functional groups attached to an aromatic ring is 1. The molecule has 136 valence electrons. The summed E-state index contributed by atoms with van der Waals surface area (Å²) in [5.74, 6) is -0.528. The van der Waals surface area contributed by atoms with Crippen LogP contribution in [0, 0.1) is 10.1 Å². The average Bonchev–Trinajstić information content (AvgIpc) is 2.65. The van der Waals surface area contributed by atoms with Crippen LogP contribution in [0.5, 0.6) is 11.5 Å². The quantitative estimate of drug-likeness (QED) is 0.261. The summed E-state index contributed by atoms with van der Waals surface area (Å²) in [6, 6.07) is 8.03. The number of anilines is 1. The van der Waals surface area contributed by atoms with Crippen LogP contribution in [-0.2, 0) is 4.74 Å². The molecule has 0 atom stereocenters. The number of rotatable bonds is 7. The minimum absolute atomic E-state index is 0.0760. The van der Waals surface area contributed by atoms with Crippen LogP contribution in [0.4, 0.5) is 11.4 Å². The number of nitrogens with two attached hydrogens (primary N) is 1. The van der Waals surface area contributed by atoms with Crippen LogP contribution < -0.4 is 15.2 Å². The Kier molecular flexibility index (Phi) is 5.74. The number of benzene rings is 2. The maximum absolute atomic E-state index is 12.2. The predicted molar refractivity (Wildman–Crippen MR) is 91.7 cm³/mol. The van der Waals surface area contributed by atoms with E-state index in [0.717, 1.165) is 6.07 Å². The number of ether oxygens (including phenoxy) is 3. The molecule has 0 aliphatic carbocycles. The molecule has 0 amide bonds. The average molecular weight is 360 g/mol. The van der Waals surface area contributed by atoms with Crippen molar-refractivity contribution in [2.24, 2.45) is 0 Å². The third-order valence-corrected chi connectivity index (χ3v) is 3.50. The maximum atomic E-state index is 12.2. The van der Waals surface area contributed by atoms with Gasteiger partial charge in [0.25, 0.3) is 5.69 Å². The Morgan fingerprint density at radius 2 is 1.69 bits per heavy atom. The first-order valence-electron chi connectivity index (χ1n) is 7.33. The molecule has 9 nitrogen and oxygen atoms in total. The monoisotopic (exact) mass is 360 g/mol. The van der Waals surface area contributed by atoms with E-state index in [9.17, 15) is 19.7 Å². The Morgan fingerprint density at radius 3 is 2.31 bits per heavy atom. The summed E-state index contributed by atoms with van der Waals surface area (Å²) in [6.07, 6.45) is 0. The Labute approximate surface area is 148 Å². The van der Waals surface area contributed by atoms with Crippen molar-refractivity contribution in [1.82, 2.24) is 0 Å². The zero-order valence-electron chi connectivity index (χ0n) is 14.1. The van der Waals surface area contributed by atoms with Gasteiger partial charge in [0.15, 0.2) is 23.9 Å². The topological polar surface area (TPSA) is 131 Å². The van der Waals surface area contributed by atoms with Gasteiger partial charge in [0.2, 0.25) is 0 Å². The first kappa shape index (κ1) is 18.7. The molecule has 9 heteroatoms. The number of carbonyl (C=O) groups is 2. The summed E-state index contributed by atoms with van der Waals surface area (Å²) in [5, 5.41) is 10.9. The summed E-state index contributed by atoms with van der Waals surface area (Å²) in [7, 11) is 2.90. The summed E-state index contributed by atoms with van der Waals surface area (Å²) < 4.78 is 15.1. The van der Waals surface area contributed by atoms with Crippen molar-refractivity contribution >= 4 is 23.1 Å². The summed E-state index contributed by atoms with van der Waals surface area (Å²) in [6.45, 7) is -0.535. The highest BCUT2D eigenvalue weighted by atomic mass is 16.6. The fourth-order valence-corrected chi connectivity index (χ4v) is 2.14. The molecule has 0 aliphatic rings. The minimum atomic E-state index is -0.873. The molecule has 0 spiro atoms. The Bertz CT molecular complexity index is 864. The van der Waals surface area contributed by atoms with Gasteiger partial charge >= 0.3 is 5.97 Å². The highest BCUT2D eigenvalue weighted by molar-refractivity contribution is 6.00. The molecule has 2 N–H and O–H groups in total. The molecule has 2 aromatic rings. The molecule has 26 heavy (non-hydrogen) atoms. The summed E-state index contributed by atoms with van der Waals surface area (Å²) in [4.78, 5) is 34.3. The standard InChI is InChI=1S/C17H16N2O7/c1-24-15-6-4-10(8-16(15)25-2)14(20)9-26-17(21)11-3-5-12(18)13(7-11)19(22)23/h3-8H,9,18H2,1-2H3. The zero-order valence-corrected chi connectivity index (χ0v) is 14.1. The van der Waals surface area contributed by atoms with Gasteiger partial charge in [-0.25, -0.2) is 4.79 Å². The van der Waals surface area contributed by atoms with Gasteiger partial charge in [-0.1, -0.05) is 0 Å². The highest BCUT2D eigenvalue weighted by Crippen LogP contribution is 2.28. The number of nitrogens with zero attached hydrogens (tertiary/aromatic N) is 1. The minimum Gasteiger partial charge on any atom is -0.493 e. The van der Waals surface area contributed by atoms with Crippen LogP contribution in [0.3, 0.4) is 0 Å². The predicted octanol–water partition coefficient (Wildman–Crippen LogP) is 2.23. The smallest absolute Gasteiger partial charge is 0.338 e. The van der Waals surface area contributed by atoms with Gasteiger partial charge in [-0.05, 0) is 30.3 Å². The number of hydrogen-bond acceptors (Lipinski definition) is 8. The molecule has 0 saturated heterocycles. The van der Waals surface area contributed by atoms with Crippen molar-refractivity contribution in [3.63, 3.8) is 0 Å². The molecule has 0 aromatic heterocycles. The van der Waals surface area contributed by atoms with E-state index in [2.05, 4.69) is 0 Å². The van der Waals surface area contributed by atoms with E-state index < -0.39 is 29.0 Å². The van der Waals surface area contributed by atoms with Crippen molar-refractivity contribution in [3.8, 4) is 11.5 Å². The van der Waals surface area contributed by atoms with Crippen molar-refractivity contribution in [2.45, 2.75) is 0 Å². The Balaban J connectivity index is 2.09. The van der Waals surface area contributed by atoms with Crippen LogP contribution in [0.2, 0.25) is 0 Å². The first-order valence-corrected chi connectivity index (χ1v) is 7.33. The SMILES string of the molecule is COc1ccc(C(=O)COC(=O)c2ccc(N)c([N+](=O)[O-])c2)cc1OC. The molecule has 0 radical (unpaired) electrons. The molecular weight excluding hydrogens is 344 g/mol. The van der Waals surface area contributed by atoms with Crippen molar-refractivity contribution in [3.05, 3.63) is 57.6 Å². The van der Waals surface area contributed by atoms with Crippen LogP contribution in [0.15, 0.2) is 36.4 Å². The molecule has 0 fully saturated rings. The largest absolute Gasteiger partial charge is 0.493 e. The van der Waals surface area contributed by atoms with E-state index in [0.29, 0.717) is 11.5 Å². The van der Waals surface area contributed by atoms with E-state index >= 15 is 0 Å². The maximum Gasteiger partial charge on any atom is 0.338 e. The number of nitro benzene ring substituents is 1. The zero-order chi connectivity index (χ0) is 19.3. The number of Topliss-reactive ketones (excluding diaryl/α,β-unsaturated/α-hetero) is 1. The molecule has 2 rings (SSSR count). The molecule has 0 bridgehead atoms. The van der Waals surface area contributed by atoms with Gasteiger partial charge < -0.3 is 19.9 Å². The van der Waals surface area contributed by atoms with Gasteiger partial charge in [0.1, 0.15) is 5.69 Å². The van der Waals surface area contributed by atoms with Gasteiger partial charge in [-0.2, -0.15) is 0 Å².